The number of hydrogen-bond donors (Lipinski definition) is 2. The van der Waals surface area contributed by atoms with Crippen molar-refractivity contribution in [3.05, 3.63) is 29.8 Å². The molecule has 4 heteroatoms. The molecule has 0 aromatic heterocycles. The fourth-order valence-corrected chi connectivity index (χ4v) is 2.81. The van der Waals surface area contributed by atoms with Gasteiger partial charge in [-0.05, 0) is 55.9 Å². The largest absolute Gasteiger partial charge is 0.508 e. The number of rotatable bonds is 3. The fraction of sp³-hybridized carbons (Fsp3) is 0.500. The van der Waals surface area contributed by atoms with Crippen LogP contribution in [0.2, 0.25) is 0 Å². The van der Waals surface area contributed by atoms with Crippen molar-refractivity contribution in [3.8, 4) is 5.75 Å². The second-order valence-corrected chi connectivity index (χ2v) is 6.17. The van der Waals surface area contributed by atoms with Crippen LogP contribution < -0.4 is 5.32 Å². The summed E-state index contributed by atoms with van der Waals surface area (Å²) in [5.41, 5.74) is 0.599. The van der Waals surface area contributed by atoms with Crippen molar-refractivity contribution in [2.24, 2.45) is 5.92 Å². The number of nitrogens with one attached hydrogen (secondary N) is 1. The summed E-state index contributed by atoms with van der Waals surface area (Å²) in [5.74, 6) is 0.720. The molecule has 1 aliphatic carbocycles. The molecule has 0 heterocycles. The summed E-state index contributed by atoms with van der Waals surface area (Å²) in [7, 11) is 0. The number of carbonyl (C=O) groups excluding carboxylic acids is 1. The zero-order valence-corrected chi connectivity index (χ0v) is 11.8. The molecule has 2 N–H and O–H groups in total. The van der Waals surface area contributed by atoms with Crippen LogP contribution in [0.3, 0.4) is 0 Å². The lowest BCUT2D eigenvalue weighted by atomic mass is 9.89. The third-order valence-electron chi connectivity index (χ3n) is 3.46. The van der Waals surface area contributed by atoms with E-state index in [0.29, 0.717) is 16.3 Å². The summed E-state index contributed by atoms with van der Waals surface area (Å²) in [4.78, 5) is 12.5. The highest BCUT2D eigenvalue weighted by atomic mass is 79.9. The third kappa shape index (κ3) is 3.73. The monoisotopic (exact) mass is 311 g/mol. The first kappa shape index (κ1) is 13.4. The van der Waals surface area contributed by atoms with E-state index in [1.807, 2.05) is 0 Å². The Bertz CT molecular complexity index is 397. The topological polar surface area (TPSA) is 49.3 Å². The number of alkyl halides is 1. The number of halogens is 1. The van der Waals surface area contributed by atoms with Gasteiger partial charge in [0.05, 0.1) is 0 Å². The van der Waals surface area contributed by atoms with Gasteiger partial charge in [0.2, 0.25) is 0 Å². The summed E-state index contributed by atoms with van der Waals surface area (Å²) in [6.07, 6.45) is 4.73. The molecule has 0 bridgehead atoms. The molecule has 0 unspecified atom stereocenters. The van der Waals surface area contributed by atoms with Gasteiger partial charge in [0.1, 0.15) is 5.75 Å². The highest BCUT2D eigenvalue weighted by Crippen LogP contribution is 2.28. The second-order valence-electron chi connectivity index (χ2n) is 4.87. The summed E-state index contributed by atoms with van der Waals surface area (Å²) in [5, 5.41) is 12.1. The highest BCUT2D eigenvalue weighted by molar-refractivity contribution is 9.09. The minimum Gasteiger partial charge on any atom is -0.508 e. The number of phenols is 1. The third-order valence-corrected chi connectivity index (χ3v) is 4.37. The van der Waals surface area contributed by atoms with Crippen LogP contribution >= 0.6 is 15.9 Å². The molecule has 98 valence electrons. The second kappa shape index (κ2) is 6.23. The van der Waals surface area contributed by atoms with Gasteiger partial charge < -0.3 is 10.4 Å². The van der Waals surface area contributed by atoms with Gasteiger partial charge in [-0.2, -0.15) is 0 Å². The van der Waals surface area contributed by atoms with Gasteiger partial charge in [-0.25, -0.2) is 0 Å². The Balaban J connectivity index is 1.79. The predicted octanol–water partition coefficient (Wildman–Crippen LogP) is 3.08. The van der Waals surface area contributed by atoms with E-state index in [9.17, 15) is 4.79 Å². The molecule has 0 radical (unpaired) electrons. The molecular formula is C14H18BrNO2. The minimum absolute atomic E-state index is 0.0593. The zero-order valence-electron chi connectivity index (χ0n) is 10.2. The number of amides is 1. The molecule has 0 aliphatic heterocycles. The van der Waals surface area contributed by atoms with Crippen LogP contribution in [0, 0.1) is 5.92 Å². The average Bonchev–Trinajstić information content (AvgIpc) is 2.38. The molecule has 1 aromatic rings. The van der Waals surface area contributed by atoms with Crippen molar-refractivity contribution in [2.75, 3.05) is 6.54 Å². The Morgan fingerprint density at radius 3 is 2.44 bits per heavy atom. The van der Waals surface area contributed by atoms with Crippen LogP contribution in [0.1, 0.15) is 36.0 Å². The van der Waals surface area contributed by atoms with Gasteiger partial charge in [0.15, 0.2) is 0 Å². The van der Waals surface area contributed by atoms with Crippen LogP contribution in [-0.4, -0.2) is 22.4 Å². The van der Waals surface area contributed by atoms with Crippen LogP contribution in [-0.2, 0) is 0 Å². The molecule has 1 aliphatic rings. The van der Waals surface area contributed by atoms with E-state index < -0.39 is 0 Å². The van der Waals surface area contributed by atoms with E-state index >= 15 is 0 Å². The minimum atomic E-state index is -0.0593. The van der Waals surface area contributed by atoms with E-state index in [4.69, 9.17) is 5.11 Å². The zero-order chi connectivity index (χ0) is 13.0. The quantitative estimate of drug-likeness (QED) is 0.843. The van der Waals surface area contributed by atoms with Crippen molar-refractivity contribution in [1.82, 2.24) is 5.32 Å². The Hall–Kier alpha value is -1.03. The van der Waals surface area contributed by atoms with Crippen molar-refractivity contribution in [2.45, 2.75) is 30.5 Å². The van der Waals surface area contributed by atoms with E-state index in [1.54, 1.807) is 12.1 Å². The SMILES string of the molecule is O=C(NCC1CCC(Br)CC1)c1ccc(O)cc1. The van der Waals surface area contributed by atoms with Crippen molar-refractivity contribution in [3.63, 3.8) is 0 Å². The number of phenolic OH excluding ortho intramolecular Hbond substituents is 1. The molecule has 0 atom stereocenters. The van der Waals surface area contributed by atoms with Crippen LogP contribution in [0.25, 0.3) is 0 Å². The van der Waals surface area contributed by atoms with Gasteiger partial charge in [-0.3, -0.25) is 4.79 Å². The fourth-order valence-electron chi connectivity index (χ4n) is 2.28. The maximum atomic E-state index is 11.9. The number of hydrogen-bond acceptors (Lipinski definition) is 2. The predicted molar refractivity (Wildman–Crippen MR) is 75.1 cm³/mol. The normalized spacial score (nSPS) is 23.6. The molecule has 1 aromatic carbocycles. The number of aromatic hydroxyl groups is 1. The maximum absolute atomic E-state index is 11.9. The lowest BCUT2D eigenvalue weighted by molar-refractivity contribution is 0.0944. The van der Waals surface area contributed by atoms with E-state index in [-0.39, 0.29) is 11.7 Å². The van der Waals surface area contributed by atoms with Crippen molar-refractivity contribution >= 4 is 21.8 Å². The Morgan fingerprint density at radius 1 is 1.22 bits per heavy atom. The molecule has 2 rings (SSSR count). The molecule has 1 amide bonds. The smallest absolute Gasteiger partial charge is 0.251 e. The standard InChI is InChI=1S/C14H18BrNO2/c15-12-5-1-10(2-6-12)9-16-14(18)11-3-7-13(17)8-4-11/h3-4,7-8,10,12,17H,1-2,5-6,9H2,(H,16,18). The Kier molecular flexibility index (Phi) is 4.64. The van der Waals surface area contributed by atoms with Gasteiger partial charge in [0, 0.05) is 16.9 Å². The number of benzene rings is 1. The van der Waals surface area contributed by atoms with E-state index in [1.165, 1.54) is 37.8 Å². The van der Waals surface area contributed by atoms with Crippen molar-refractivity contribution < 1.29 is 9.90 Å². The van der Waals surface area contributed by atoms with Crippen LogP contribution in [0.4, 0.5) is 0 Å². The summed E-state index contributed by atoms with van der Waals surface area (Å²) >= 11 is 3.63. The van der Waals surface area contributed by atoms with Crippen LogP contribution in [0.5, 0.6) is 5.75 Å². The van der Waals surface area contributed by atoms with Gasteiger partial charge in [0.25, 0.3) is 5.91 Å². The maximum Gasteiger partial charge on any atom is 0.251 e. The molecule has 1 saturated carbocycles. The molecular weight excluding hydrogens is 294 g/mol. The first-order chi connectivity index (χ1) is 8.65. The molecule has 1 fully saturated rings. The van der Waals surface area contributed by atoms with Crippen LogP contribution in [0.15, 0.2) is 24.3 Å². The molecule has 0 saturated heterocycles. The Labute approximate surface area is 116 Å². The van der Waals surface area contributed by atoms with Gasteiger partial charge in [-0.1, -0.05) is 15.9 Å². The highest BCUT2D eigenvalue weighted by Gasteiger charge is 2.19. The Morgan fingerprint density at radius 2 is 1.83 bits per heavy atom. The lowest BCUT2D eigenvalue weighted by Gasteiger charge is -2.25. The first-order valence-corrected chi connectivity index (χ1v) is 7.28. The summed E-state index contributed by atoms with van der Waals surface area (Å²) in [6, 6.07) is 6.34. The first-order valence-electron chi connectivity index (χ1n) is 6.36. The molecule has 18 heavy (non-hydrogen) atoms. The molecule has 0 spiro atoms. The van der Waals surface area contributed by atoms with Crippen molar-refractivity contribution in [1.29, 1.82) is 0 Å². The van der Waals surface area contributed by atoms with Gasteiger partial charge >= 0.3 is 0 Å². The average molecular weight is 312 g/mol. The van der Waals surface area contributed by atoms with E-state index in [0.717, 1.165) is 6.54 Å². The van der Waals surface area contributed by atoms with E-state index in [2.05, 4.69) is 21.2 Å². The molecule has 3 nitrogen and oxygen atoms in total. The summed E-state index contributed by atoms with van der Waals surface area (Å²) < 4.78 is 0. The summed E-state index contributed by atoms with van der Waals surface area (Å²) in [6.45, 7) is 0.749. The number of carbonyl (C=O) groups is 1. The van der Waals surface area contributed by atoms with Gasteiger partial charge in [-0.15, -0.1) is 0 Å². The lowest BCUT2D eigenvalue weighted by Crippen LogP contribution is -2.31.